The predicted molar refractivity (Wildman–Crippen MR) is 109 cm³/mol. The number of amides is 3. The lowest BCUT2D eigenvalue weighted by Gasteiger charge is -2.08. The maximum Gasteiger partial charge on any atom is 0.273 e. The summed E-state index contributed by atoms with van der Waals surface area (Å²) in [5.74, 6) is -0.907. The molecule has 0 radical (unpaired) electrons. The summed E-state index contributed by atoms with van der Waals surface area (Å²) in [6, 6.07) is 10.5. The molecule has 5 N–H and O–H groups in total. The molecule has 0 saturated carbocycles. The van der Waals surface area contributed by atoms with Gasteiger partial charge in [0.1, 0.15) is 11.5 Å². The van der Waals surface area contributed by atoms with Crippen LogP contribution in [0.2, 0.25) is 0 Å². The number of hydrogen-bond donors (Lipinski definition) is 4. The van der Waals surface area contributed by atoms with Crippen LogP contribution in [0.5, 0.6) is 0 Å². The molecule has 9 nitrogen and oxygen atoms in total. The first-order valence-corrected chi connectivity index (χ1v) is 9.14. The van der Waals surface area contributed by atoms with Crippen LogP contribution in [-0.2, 0) is 4.79 Å². The fourth-order valence-corrected chi connectivity index (χ4v) is 2.85. The Morgan fingerprint density at radius 2 is 1.90 bits per heavy atom. The lowest BCUT2D eigenvalue weighted by Crippen LogP contribution is -2.40. The molecule has 3 aromatic rings. The van der Waals surface area contributed by atoms with Crippen molar-refractivity contribution in [2.45, 2.75) is 20.3 Å². The van der Waals surface area contributed by atoms with Crippen LogP contribution in [0, 0.1) is 0 Å². The van der Waals surface area contributed by atoms with Crippen LogP contribution in [-0.4, -0.2) is 33.7 Å². The van der Waals surface area contributed by atoms with Crippen LogP contribution in [0.1, 0.15) is 41.1 Å². The van der Waals surface area contributed by atoms with Gasteiger partial charge in [-0.3, -0.25) is 29.6 Å². The number of rotatable bonds is 5. The van der Waals surface area contributed by atoms with Gasteiger partial charge in [-0.05, 0) is 36.2 Å². The predicted octanol–water partition coefficient (Wildman–Crippen LogP) is 1.50. The molecule has 29 heavy (non-hydrogen) atoms. The topological polar surface area (TPSA) is 131 Å². The highest BCUT2D eigenvalue weighted by molar-refractivity contribution is 5.99. The molecule has 0 aliphatic carbocycles. The van der Waals surface area contributed by atoms with Gasteiger partial charge in [-0.1, -0.05) is 19.1 Å². The Labute approximate surface area is 167 Å². The Kier molecular flexibility index (Phi) is 5.77. The second kappa shape index (κ2) is 8.42. The zero-order valence-electron chi connectivity index (χ0n) is 16.2. The minimum Gasteiger partial charge on any atom is -0.383 e. The van der Waals surface area contributed by atoms with Gasteiger partial charge in [0.25, 0.3) is 11.8 Å². The highest BCUT2D eigenvalue weighted by atomic mass is 16.2. The van der Waals surface area contributed by atoms with Gasteiger partial charge in [0, 0.05) is 30.8 Å². The van der Waals surface area contributed by atoms with Gasteiger partial charge in [0.15, 0.2) is 5.69 Å². The maximum atomic E-state index is 12.4. The van der Waals surface area contributed by atoms with Crippen molar-refractivity contribution >= 4 is 29.2 Å². The number of aromatic nitrogens is 2. The normalized spacial score (nSPS) is 10.6. The van der Waals surface area contributed by atoms with Crippen LogP contribution < -0.4 is 21.9 Å². The van der Waals surface area contributed by atoms with Gasteiger partial charge in [0.2, 0.25) is 5.91 Å². The lowest BCUT2D eigenvalue weighted by molar-refractivity contribution is -0.119. The third-order valence-corrected chi connectivity index (χ3v) is 4.23. The second-order valence-corrected chi connectivity index (χ2v) is 6.43. The zero-order chi connectivity index (χ0) is 21.0. The van der Waals surface area contributed by atoms with E-state index in [2.05, 4.69) is 21.2 Å². The summed E-state index contributed by atoms with van der Waals surface area (Å²) in [5.41, 5.74) is 13.2. The smallest absolute Gasteiger partial charge is 0.273 e. The van der Waals surface area contributed by atoms with E-state index in [1.54, 1.807) is 34.9 Å². The molecule has 3 amide bonds. The number of nitrogen functional groups attached to an aromatic ring is 1. The third-order valence-electron chi connectivity index (χ3n) is 4.23. The molecular weight excluding hydrogens is 372 g/mol. The summed E-state index contributed by atoms with van der Waals surface area (Å²) in [4.78, 5) is 40.0. The standard InChI is InChI=1S/C20H22N6O3/c1-3-9-22-20(29)16-17(21)26-10-5-8-15(18(26)23-16)13-6-4-7-14(11-13)19(28)25-24-12(2)27/h4-8,10-11H,3,9,21H2,1-2H3,(H,22,29)(H,24,27)(H,25,28). The van der Waals surface area contributed by atoms with Crippen LogP contribution in [0.25, 0.3) is 16.8 Å². The summed E-state index contributed by atoms with van der Waals surface area (Å²) in [6.07, 6.45) is 2.53. The number of anilines is 1. The number of carbonyl (C=O) groups is 3. The molecule has 0 bridgehead atoms. The summed E-state index contributed by atoms with van der Waals surface area (Å²) in [6.45, 7) is 3.79. The Bertz CT molecular complexity index is 1090. The van der Waals surface area contributed by atoms with E-state index in [0.717, 1.165) is 12.0 Å². The van der Waals surface area contributed by atoms with E-state index in [0.29, 0.717) is 23.3 Å². The van der Waals surface area contributed by atoms with E-state index in [4.69, 9.17) is 5.73 Å². The number of pyridine rings is 1. The Balaban J connectivity index is 2.00. The number of carbonyl (C=O) groups excluding carboxylic acids is 3. The summed E-state index contributed by atoms with van der Waals surface area (Å²) >= 11 is 0. The lowest BCUT2D eigenvalue weighted by atomic mass is 10.0. The minimum absolute atomic E-state index is 0.158. The van der Waals surface area contributed by atoms with Crippen LogP contribution in [0.15, 0.2) is 42.6 Å². The number of fused-ring (bicyclic) bond motifs is 1. The number of hydrazine groups is 1. The minimum atomic E-state index is -0.448. The summed E-state index contributed by atoms with van der Waals surface area (Å²) < 4.78 is 1.64. The first-order valence-electron chi connectivity index (χ1n) is 9.14. The van der Waals surface area contributed by atoms with Gasteiger partial charge < -0.3 is 11.1 Å². The quantitative estimate of drug-likeness (QED) is 0.487. The van der Waals surface area contributed by atoms with Crippen molar-refractivity contribution in [2.24, 2.45) is 0 Å². The fourth-order valence-electron chi connectivity index (χ4n) is 2.85. The Morgan fingerprint density at radius 1 is 1.10 bits per heavy atom. The number of nitrogens with two attached hydrogens (primary N) is 1. The number of imidazole rings is 1. The summed E-state index contributed by atoms with van der Waals surface area (Å²) in [7, 11) is 0. The first-order chi connectivity index (χ1) is 13.9. The van der Waals surface area contributed by atoms with Gasteiger partial charge in [-0.15, -0.1) is 0 Å². The molecule has 0 atom stereocenters. The number of nitrogens with one attached hydrogen (secondary N) is 3. The van der Waals surface area contributed by atoms with E-state index >= 15 is 0 Å². The fraction of sp³-hybridized carbons (Fsp3) is 0.200. The third kappa shape index (κ3) is 4.18. The van der Waals surface area contributed by atoms with Crippen molar-refractivity contribution in [3.05, 3.63) is 53.9 Å². The Hall–Kier alpha value is -3.88. The van der Waals surface area contributed by atoms with Crippen molar-refractivity contribution < 1.29 is 14.4 Å². The van der Waals surface area contributed by atoms with Crippen molar-refractivity contribution in [1.82, 2.24) is 25.6 Å². The van der Waals surface area contributed by atoms with Crippen LogP contribution in [0.3, 0.4) is 0 Å². The average Bonchev–Trinajstić information content (AvgIpc) is 3.07. The highest BCUT2D eigenvalue weighted by Gasteiger charge is 2.19. The molecule has 0 fully saturated rings. The van der Waals surface area contributed by atoms with E-state index in [-0.39, 0.29) is 23.3 Å². The van der Waals surface area contributed by atoms with Crippen molar-refractivity contribution in [3.8, 4) is 11.1 Å². The number of hydrogen-bond acceptors (Lipinski definition) is 5. The number of benzene rings is 1. The van der Waals surface area contributed by atoms with Crippen molar-refractivity contribution in [2.75, 3.05) is 12.3 Å². The Morgan fingerprint density at radius 3 is 2.62 bits per heavy atom. The molecule has 150 valence electrons. The molecule has 0 saturated heterocycles. The molecule has 3 rings (SSSR count). The molecular formula is C20H22N6O3. The van der Waals surface area contributed by atoms with E-state index in [1.807, 2.05) is 19.1 Å². The molecule has 0 unspecified atom stereocenters. The van der Waals surface area contributed by atoms with Crippen LogP contribution >= 0.6 is 0 Å². The highest BCUT2D eigenvalue weighted by Crippen LogP contribution is 2.27. The largest absolute Gasteiger partial charge is 0.383 e. The first kappa shape index (κ1) is 19.9. The molecule has 0 aliphatic heterocycles. The average molecular weight is 394 g/mol. The van der Waals surface area contributed by atoms with Gasteiger partial charge in [-0.25, -0.2) is 4.98 Å². The van der Waals surface area contributed by atoms with Crippen molar-refractivity contribution in [3.63, 3.8) is 0 Å². The van der Waals surface area contributed by atoms with E-state index in [9.17, 15) is 14.4 Å². The molecule has 9 heteroatoms. The second-order valence-electron chi connectivity index (χ2n) is 6.43. The van der Waals surface area contributed by atoms with E-state index in [1.165, 1.54) is 6.92 Å². The molecule has 0 aliphatic rings. The summed E-state index contributed by atoms with van der Waals surface area (Å²) in [5, 5.41) is 2.77. The van der Waals surface area contributed by atoms with Crippen LogP contribution in [0.4, 0.5) is 5.82 Å². The van der Waals surface area contributed by atoms with Gasteiger partial charge in [-0.2, -0.15) is 0 Å². The van der Waals surface area contributed by atoms with E-state index < -0.39 is 5.91 Å². The monoisotopic (exact) mass is 394 g/mol. The molecule has 2 aromatic heterocycles. The van der Waals surface area contributed by atoms with Gasteiger partial charge in [0.05, 0.1) is 0 Å². The maximum absolute atomic E-state index is 12.4. The zero-order valence-corrected chi connectivity index (χ0v) is 16.2. The van der Waals surface area contributed by atoms with Gasteiger partial charge >= 0.3 is 0 Å². The molecule has 0 spiro atoms. The van der Waals surface area contributed by atoms with Crippen molar-refractivity contribution in [1.29, 1.82) is 0 Å². The molecule has 2 heterocycles. The molecule has 1 aromatic carbocycles. The SMILES string of the molecule is CCCNC(=O)c1nc2c(-c3cccc(C(=O)NNC(C)=O)c3)cccn2c1N. The number of nitrogens with zero attached hydrogens (tertiary/aromatic N) is 2.